The van der Waals surface area contributed by atoms with Gasteiger partial charge in [0.1, 0.15) is 12.4 Å². The number of carbonyl (C=O) groups is 2. The van der Waals surface area contributed by atoms with Gasteiger partial charge in [0.25, 0.3) is 0 Å². The summed E-state index contributed by atoms with van der Waals surface area (Å²) in [7, 11) is 0. The summed E-state index contributed by atoms with van der Waals surface area (Å²) in [4.78, 5) is 24.2. The molecule has 1 aromatic rings. The van der Waals surface area contributed by atoms with E-state index in [9.17, 15) is 14.7 Å². The SMILES string of the molecule is O=C(O)C1=CN2C(=O)C[C@H]2SC1COc1ccc(Br)cc1. The molecule has 2 aliphatic heterocycles. The summed E-state index contributed by atoms with van der Waals surface area (Å²) in [6.45, 7) is 0.267. The molecule has 1 amide bonds. The van der Waals surface area contributed by atoms with Gasteiger partial charge in [-0.05, 0) is 24.3 Å². The third-order valence-electron chi connectivity index (χ3n) is 3.36. The summed E-state index contributed by atoms with van der Waals surface area (Å²) in [5.74, 6) is -0.348. The van der Waals surface area contributed by atoms with Gasteiger partial charge in [-0.1, -0.05) is 15.9 Å². The third kappa shape index (κ3) is 2.94. The Morgan fingerprint density at radius 2 is 2.14 bits per heavy atom. The number of amides is 1. The highest BCUT2D eigenvalue weighted by Gasteiger charge is 2.43. The molecule has 0 bridgehead atoms. The molecule has 2 aliphatic rings. The Bertz CT molecular complexity index is 616. The monoisotopic (exact) mass is 369 g/mol. The molecule has 0 aromatic heterocycles. The molecule has 1 fully saturated rings. The molecule has 1 aromatic carbocycles. The first-order valence-corrected chi connectivity index (χ1v) is 8.08. The second-order valence-electron chi connectivity index (χ2n) is 4.74. The molecule has 0 aliphatic carbocycles. The predicted octanol–water partition coefficient (Wildman–Crippen LogP) is 2.47. The van der Waals surface area contributed by atoms with Crippen molar-refractivity contribution in [3.63, 3.8) is 0 Å². The minimum absolute atomic E-state index is 0.0291. The quantitative estimate of drug-likeness (QED) is 0.825. The van der Waals surface area contributed by atoms with Crippen molar-refractivity contribution in [2.75, 3.05) is 6.61 Å². The topological polar surface area (TPSA) is 66.8 Å². The van der Waals surface area contributed by atoms with Crippen LogP contribution in [-0.2, 0) is 9.59 Å². The van der Waals surface area contributed by atoms with E-state index in [0.717, 1.165) is 4.47 Å². The lowest BCUT2D eigenvalue weighted by Gasteiger charge is -2.43. The van der Waals surface area contributed by atoms with Crippen molar-refractivity contribution in [1.82, 2.24) is 4.90 Å². The van der Waals surface area contributed by atoms with E-state index in [0.29, 0.717) is 12.2 Å². The second kappa shape index (κ2) is 5.73. The van der Waals surface area contributed by atoms with Crippen molar-refractivity contribution in [3.8, 4) is 5.75 Å². The molecule has 0 radical (unpaired) electrons. The maximum absolute atomic E-state index is 11.4. The Hall–Kier alpha value is -1.47. The van der Waals surface area contributed by atoms with E-state index in [1.165, 1.54) is 22.9 Å². The molecule has 1 saturated heterocycles. The number of carboxylic acid groups (broad SMARTS) is 1. The number of thioether (sulfide) groups is 1. The average Bonchev–Trinajstić information content (AvgIpc) is 2.45. The van der Waals surface area contributed by atoms with Crippen LogP contribution in [0.4, 0.5) is 0 Å². The third-order valence-corrected chi connectivity index (χ3v) is 5.31. The van der Waals surface area contributed by atoms with Crippen LogP contribution in [0.5, 0.6) is 5.75 Å². The number of hydrogen-bond donors (Lipinski definition) is 1. The molecule has 3 rings (SSSR count). The maximum atomic E-state index is 11.4. The number of benzene rings is 1. The van der Waals surface area contributed by atoms with Crippen molar-refractivity contribution in [1.29, 1.82) is 0 Å². The number of aliphatic carboxylic acids is 1. The molecule has 2 atom stereocenters. The summed E-state index contributed by atoms with van der Waals surface area (Å²) in [6.07, 6.45) is 1.91. The first kappa shape index (κ1) is 14.5. The molecule has 110 valence electrons. The fraction of sp³-hybridized carbons (Fsp3) is 0.286. The number of ether oxygens (including phenoxy) is 1. The van der Waals surface area contributed by atoms with Crippen LogP contribution < -0.4 is 4.74 Å². The van der Waals surface area contributed by atoms with Gasteiger partial charge in [0.2, 0.25) is 5.91 Å². The normalized spacial score (nSPS) is 24.0. The van der Waals surface area contributed by atoms with Crippen LogP contribution in [0.25, 0.3) is 0 Å². The number of nitrogens with zero attached hydrogens (tertiary/aromatic N) is 1. The van der Waals surface area contributed by atoms with Gasteiger partial charge in [-0.15, -0.1) is 11.8 Å². The van der Waals surface area contributed by atoms with Crippen LogP contribution in [0.2, 0.25) is 0 Å². The number of rotatable bonds is 4. The van der Waals surface area contributed by atoms with Gasteiger partial charge in [0.05, 0.1) is 22.6 Å². The molecule has 21 heavy (non-hydrogen) atoms. The lowest BCUT2D eigenvalue weighted by molar-refractivity contribution is -0.138. The minimum Gasteiger partial charge on any atom is -0.492 e. The first-order chi connectivity index (χ1) is 10.0. The Labute approximate surface area is 134 Å². The molecule has 1 unspecified atom stereocenters. The summed E-state index contributed by atoms with van der Waals surface area (Å²) >= 11 is 4.81. The van der Waals surface area contributed by atoms with Crippen molar-refractivity contribution < 1.29 is 19.4 Å². The van der Waals surface area contributed by atoms with Gasteiger partial charge in [0, 0.05) is 10.7 Å². The van der Waals surface area contributed by atoms with Crippen LogP contribution in [0.15, 0.2) is 40.5 Å². The number of halogens is 1. The van der Waals surface area contributed by atoms with Crippen molar-refractivity contribution in [2.45, 2.75) is 17.0 Å². The Morgan fingerprint density at radius 3 is 2.76 bits per heavy atom. The molecule has 0 saturated carbocycles. The van der Waals surface area contributed by atoms with E-state index in [-0.39, 0.29) is 28.7 Å². The molecule has 0 spiro atoms. The van der Waals surface area contributed by atoms with E-state index in [1.807, 2.05) is 24.3 Å². The van der Waals surface area contributed by atoms with E-state index in [4.69, 9.17) is 4.74 Å². The summed E-state index contributed by atoms with van der Waals surface area (Å²) in [5.41, 5.74) is 0.210. The lowest BCUT2D eigenvalue weighted by Crippen LogP contribution is -2.51. The van der Waals surface area contributed by atoms with E-state index < -0.39 is 5.97 Å². The highest BCUT2D eigenvalue weighted by molar-refractivity contribution is 9.10. The predicted molar refractivity (Wildman–Crippen MR) is 82.0 cm³/mol. The smallest absolute Gasteiger partial charge is 0.334 e. The van der Waals surface area contributed by atoms with E-state index in [1.54, 1.807) is 0 Å². The second-order valence-corrected chi connectivity index (χ2v) is 7.04. The number of β-lactam (4-membered cyclic amide) rings is 1. The Balaban J connectivity index is 1.70. The summed E-state index contributed by atoms with van der Waals surface area (Å²) in [6, 6.07) is 7.37. The fourth-order valence-electron chi connectivity index (χ4n) is 2.19. The fourth-order valence-corrected chi connectivity index (χ4v) is 3.84. The Kier molecular flexibility index (Phi) is 3.95. The van der Waals surface area contributed by atoms with Crippen LogP contribution in [0.3, 0.4) is 0 Å². The van der Waals surface area contributed by atoms with E-state index >= 15 is 0 Å². The standard InChI is InChI=1S/C14H12BrNO4S/c15-8-1-3-9(4-2-8)20-7-11-10(14(18)19)6-16-12(17)5-13(16)21-11/h1-4,6,11,13H,5,7H2,(H,18,19)/t11?,13-/m1/s1. The maximum Gasteiger partial charge on any atom is 0.334 e. The Morgan fingerprint density at radius 1 is 1.43 bits per heavy atom. The molecule has 1 N–H and O–H groups in total. The number of fused-ring (bicyclic) bond motifs is 1. The van der Waals surface area contributed by atoms with Crippen LogP contribution in [-0.4, -0.2) is 39.1 Å². The molecular formula is C14H12BrNO4S. The number of carboxylic acids is 1. The molecule has 5 nitrogen and oxygen atoms in total. The van der Waals surface area contributed by atoms with Gasteiger partial charge in [-0.3, -0.25) is 4.79 Å². The summed E-state index contributed by atoms with van der Waals surface area (Å²) < 4.78 is 6.62. The zero-order valence-electron chi connectivity index (χ0n) is 10.9. The zero-order chi connectivity index (χ0) is 15.0. The van der Waals surface area contributed by atoms with Gasteiger partial charge < -0.3 is 14.7 Å². The highest BCUT2D eigenvalue weighted by Crippen LogP contribution is 2.40. The van der Waals surface area contributed by atoms with Crippen LogP contribution >= 0.6 is 27.7 Å². The van der Waals surface area contributed by atoms with Gasteiger partial charge in [0.15, 0.2) is 0 Å². The minimum atomic E-state index is -1.01. The lowest BCUT2D eigenvalue weighted by atomic mass is 10.1. The van der Waals surface area contributed by atoms with Gasteiger partial charge in [-0.2, -0.15) is 0 Å². The molecular weight excluding hydrogens is 358 g/mol. The largest absolute Gasteiger partial charge is 0.492 e. The molecule has 2 heterocycles. The highest BCUT2D eigenvalue weighted by atomic mass is 79.9. The first-order valence-electron chi connectivity index (χ1n) is 6.34. The van der Waals surface area contributed by atoms with Crippen molar-refractivity contribution >= 4 is 39.6 Å². The number of carbonyl (C=O) groups excluding carboxylic acids is 1. The molecule has 7 heteroatoms. The van der Waals surface area contributed by atoms with Crippen LogP contribution in [0, 0.1) is 0 Å². The van der Waals surface area contributed by atoms with Gasteiger partial charge >= 0.3 is 5.97 Å². The summed E-state index contributed by atoms with van der Waals surface area (Å²) in [5, 5.41) is 9.04. The van der Waals surface area contributed by atoms with E-state index in [2.05, 4.69) is 15.9 Å². The van der Waals surface area contributed by atoms with Gasteiger partial charge in [-0.25, -0.2) is 4.79 Å². The number of hydrogen-bond acceptors (Lipinski definition) is 4. The van der Waals surface area contributed by atoms with Crippen LogP contribution in [0.1, 0.15) is 6.42 Å². The average molecular weight is 370 g/mol. The van der Waals surface area contributed by atoms with Crippen molar-refractivity contribution in [3.05, 3.63) is 40.5 Å². The van der Waals surface area contributed by atoms with Crippen molar-refractivity contribution in [2.24, 2.45) is 0 Å². The zero-order valence-corrected chi connectivity index (χ0v) is 13.3.